The molecule has 176 valence electrons. The number of fused-ring (bicyclic) bond motifs is 1. The normalized spacial score (nSPS) is 20.1. The zero-order valence-electron chi connectivity index (χ0n) is 19.0. The highest BCUT2D eigenvalue weighted by Gasteiger charge is 2.29. The van der Waals surface area contributed by atoms with E-state index in [1.165, 1.54) is 0 Å². The lowest BCUT2D eigenvalue weighted by Gasteiger charge is -2.38. The molecule has 1 aromatic carbocycles. The van der Waals surface area contributed by atoms with Gasteiger partial charge in [0.15, 0.2) is 0 Å². The third-order valence-corrected chi connectivity index (χ3v) is 7.56. The van der Waals surface area contributed by atoms with E-state index in [2.05, 4.69) is 20.1 Å². The monoisotopic (exact) mass is 468 g/mol. The molecule has 1 saturated heterocycles. The number of piperidine rings is 1. The number of pyridine rings is 1. The first kappa shape index (κ1) is 23.9. The Bertz CT molecular complexity index is 1020. The summed E-state index contributed by atoms with van der Waals surface area (Å²) in [5.41, 5.74) is 1.74. The van der Waals surface area contributed by atoms with Crippen LogP contribution < -0.4 is 4.74 Å². The van der Waals surface area contributed by atoms with Crippen molar-refractivity contribution < 1.29 is 14.9 Å². The summed E-state index contributed by atoms with van der Waals surface area (Å²) in [7, 11) is 1.64. The predicted octanol–water partition coefficient (Wildman–Crippen LogP) is 3.57. The Balaban J connectivity index is 1.30. The summed E-state index contributed by atoms with van der Waals surface area (Å²) in [6.45, 7) is 3.11. The Morgan fingerprint density at radius 2 is 2.09 bits per heavy atom. The maximum absolute atomic E-state index is 11.0. The number of thioether (sulfide) groups is 1. The van der Waals surface area contributed by atoms with Crippen LogP contribution in [0.1, 0.15) is 30.9 Å². The number of aliphatic hydroxyl groups is 2. The minimum atomic E-state index is -0.564. The molecule has 7 nitrogen and oxygen atoms in total. The van der Waals surface area contributed by atoms with Crippen LogP contribution in [0.15, 0.2) is 53.8 Å². The van der Waals surface area contributed by atoms with E-state index in [1.54, 1.807) is 37.5 Å². The Labute approximate surface area is 199 Å². The topological polar surface area (TPSA) is 91.6 Å². The van der Waals surface area contributed by atoms with Crippen molar-refractivity contribution in [3.05, 3.63) is 54.5 Å². The van der Waals surface area contributed by atoms with Crippen molar-refractivity contribution >= 4 is 22.7 Å². The van der Waals surface area contributed by atoms with E-state index in [0.717, 1.165) is 65.3 Å². The fourth-order valence-electron chi connectivity index (χ4n) is 4.69. The van der Waals surface area contributed by atoms with Crippen LogP contribution in [0.4, 0.5) is 0 Å². The van der Waals surface area contributed by atoms with Gasteiger partial charge in [-0.2, -0.15) is 10.2 Å². The van der Waals surface area contributed by atoms with Gasteiger partial charge in [0.05, 0.1) is 31.1 Å². The molecule has 0 spiro atoms. The van der Waals surface area contributed by atoms with E-state index in [1.807, 2.05) is 30.3 Å². The molecule has 2 aromatic heterocycles. The van der Waals surface area contributed by atoms with Crippen molar-refractivity contribution in [2.24, 2.45) is 11.8 Å². The second-order valence-corrected chi connectivity index (χ2v) is 9.76. The number of benzene rings is 1. The van der Waals surface area contributed by atoms with Crippen LogP contribution in [0.5, 0.6) is 5.75 Å². The molecular formula is C25H32N4O3S. The van der Waals surface area contributed by atoms with Crippen molar-refractivity contribution in [1.82, 2.24) is 20.1 Å². The number of likely N-dealkylation sites (tertiary alicyclic amines) is 1. The summed E-state index contributed by atoms with van der Waals surface area (Å²) in [5.74, 6) is 2.41. The van der Waals surface area contributed by atoms with E-state index in [4.69, 9.17) is 4.74 Å². The minimum Gasteiger partial charge on any atom is -0.497 e. The quantitative estimate of drug-likeness (QED) is 0.437. The van der Waals surface area contributed by atoms with Gasteiger partial charge in [-0.1, -0.05) is 0 Å². The minimum absolute atomic E-state index is 0.189. The first-order chi connectivity index (χ1) is 16.2. The van der Waals surface area contributed by atoms with Crippen LogP contribution in [0.2, 0.25) is 0 Å². The highest BCUT2D eigenvalue weighted by molar-refractivity contribution is 7.99. The van der Waals surface area contributed by atoms with Crippen LogP contribution in [0.3, 0.4) is 0 Å². The molecule has 1 aliphatic rings. The molecule has 0 bridgehead atoms. The summed E-state index contributed by atoms with van der Waals surface area (Å²) in [5, 5.41) is 29.7. The van der Waals surface area contributed by atoms with E-state index < -0.39 is 6.10 Å². The number of aromatic nitrogens is 3. The number of nitrogens with zero attached hydrogens (tertiary/aromatic N) is 4. The van der Waals surface area contributed by atoms with Crippen LogP contribution in [-0.2, 0) is 0 Å². The number of aliphatic hydroxyl groups excluding tert-OH is 2. The summed E-state index contributed by atoms with van der Waals surface area (Å²) >= 11 is 1.79. The molecule has 1 aliphatic heterocycles. The zero-order valence-corrected chi connectivity index (χ0v) is 19.8. The van der Waals surface area contributed by atoms with Gasteiger partial charge in [0.2, 0.25) is 0 Å². The molecule has 0 aliphatic carbocycles. The van der Waals surface area contributed by atoms with Gasteiger partial charge in [-0.3, -0.25) is 4.98 Å². The van der Waals surface area contributed by atoms with E-state index in [-0.39, 0.29) is 12.5 Å². The molecule has 0 radical (unpaired) electrons. The Kier molecular flexibility index (Phi) is 8.50. The molecule has 3 heterocycles. The van der Waals surface area contributed by atoms with Gasteiger partial charge in [-0.15, -0.1) is 11.8 Å². The maximum Gasteiger partial charge on any atom is 0.119 e. The van der Waals surface area contributed by atoms with Gasteiger partial charge in [0.25, 0.3) is 0 Å². The van der Waals surface area contributed by atoms with Crippen LogP contribution in [0, 0.1) is 11.8 Å². The van der Waals surface area contributed by atoms with Gasteiger partial charge in [-0.25, -0.2) is 0 Å². The number of methoxy groups -OCH3 is 1. The van der Waals surface area contributed by atoms with Crippen LogP contribution >= 0.6 is 11.8 Å². The lowest BCUT2D eigenvalue weighted by atomic mass is 9.81. The fourth-order valence-corrected chi connectivity index (χ4v) is 5.56. The van der Waals surface area contributed by atoms with Crippen molar-refractivity contribution in [2.45, 2.75) is 30.3 Å². The molecule has 3 atom stereocenters. The summed E-state index contributed by atoms with van der Waals surface area (Å²) in [6.07, 6.45) is 7.31. The first-order valence-electron chi connectivity index (χ1n) is 11.5. The van der Waals surface area contributed by atoms with Gasteiger partial charge in [0.1, 0.15) is 5.75 Å². The summed E-state index contributed by atoms with van der Waals surface area (Å²) in [4.78, 5) is 7.99. The zero-order chi connectivity index (χ0) is 23.0. The smallest absolute Gasteiger partial charge is 0.119 e. The molecule has 2 N–H and O–H groups in total. The average Bonchev–Trinajstić information content (AvgIpc) is 2.87. The van der Waals surface area contributed by atoms with Crippen molar-refractivity contribution in [1.29, 1.82) is 0 Å². The predicted molar refractivity (Wildman–Crippen MR) is 130 cm³/mol. The van der Waals surface area contributed by atoms with Crippen LogP contribution in [-0.4, -0.2) is 69.4 Å². The molecule has 1 unspecified atom stereocenters. The number of hydrogen-bond donors (Lipinski definition) is 2. The lowest BCUT2D eigenvalue weighted by Crippen LogP contribution is -2.43. The first-order valence-corrected chi connectivity index (χ1v) is 12.5. The van der Waals surface area contributed by atoms with Crippen molar-refractivity contribution in [3.8, 4) is 5.75 Å². The second-order valence-electron chi connectivity index (χ2n) is 8.60. The SMILES string of the molecule is COc1ccc2nccc(C(O)CC[C@@H]3CCN(CCSc4ccnnc4)C[C@@H]3CO)c2c1. The molecule has 0 amide bonds. The Morgan fingerprint density at radius 1 is 1.18 bits per heavy atom. The van der Waals surface area contributed by atoms with Gasteiger partial charge in [0, 0.05) is 41.9 Å². The summed E-state index contributed by atoms with van der Waals surface area (Å²) in [6, 6.07) is 9.63. The van der Waals surface area contributed by atoms with Crippen molar-refractivity contribution in [2.75, 3.05) is 39.1 Å². The highest BCUT2D eigenvalue weighted by atomic mass is 32.2. The molecule has 0 saturated carbocycles. The molecule has 4 rings (SSSR count). The van der Waals surface area contributed by atoms with Gasteiger partial charge >= 0.3 is 0 Å². The Hall–Kier alpha value is -2.26. The Morgan fingerprint density at radius 3 is 2.88 bits per heavy atom. The second kappa shape index (κ2) is 11.7. The fraction of sp³-hybridized carbons (Fsp3) is 0.480. The molecular weight excluding hydrogens is 436 g/mol. The number of ether oxygens (including phenoxy) is 1. The summed E-state index contributed by atoms with van der Waals surface area (Å²) < 4.78 is 5.35. The standard InChI is InChI=1S/C25H32N4O3S/c1-32-20-3-4-24-23(14-20)22(7-9-26-24)25(31)5-2-18-8-11-29(16-19(18)17-30)12-13-33-21-6-10-27-28-15-21/h3-4,6-7,9-10,14-15,18-19,25,30-31H,2,5,8,11-13,16-17H2,1H3/t18-,19-,25?/m1/s1. The number of hydrogen-bond acceptors (Lipinski definition) is 8. The molecule has 8 heteroatoms. The average molecular weight is 469 g/mol. The third kappa shape index (κ3) is 6.20. The van der Waals surface area contributed by atoms with Gasteiger partial charge < -0.3 is 19.8 Å². The lowest BCUT2D eigenvalue weighted by molar-refractivity contribution is 0.0608. The maximum atomic E-state index is 11.0. The molecule has 3 aromatic rings. The van der Waals surface area contributed by atoms with Gasteiger partial charge in [-0.05, 0) is 73.5 Å². The van der Waals surface area contributed by atoms with Crippen LogP contribution in [0.25, 0.3) is 10.9 Å². The van der Waals surface area contributed by atoms with Crippen molar-refractivity contribution in [3.63, 3.8) is 0 Å². The highest BCUT2D eigenvalue weighted by Crippen LogP contribution is 2.33. The van der Waals surface area contributed by atoms with E-state index in [9.17, 15) is 10.2 Å². The molecule has 33 heavy (non-hydrogen) atoms. The van der Waals surface area contributed by atoms with E-state index in [0.29, 0.717) is 12.3 Å². The van der Waals surface area contributed by atoms with E-state index >= 15 is 0 Å². The number of rotatable bonds is 10. The molecule has 1 fully saturated rings. The largest absolute Gasteiger partial charge is 0.497 e. The third-order valence-electron chi connectivity index (χ3n) is 6.60.